The summed E-state index contributed by atoms with van der Waals surface area (Å²) >= 11 is 0. The first kappa shape index (κ1) is 24.7. The lowest BCUT2D eigenvalue weighted by Crippen LogP contribution is -2.36. The van der Waals surface area contributed by atoms with Crippen molar-refractivity contribution in [3.8, 4) is 0 Å². The standard InChI is InChI=1S/C19H26N2O9S/c22-15-10-11-16(23)20(15)12-8-6-4-2-1-3-5-7-9-18(25)30-21-17(24)13-14(19(21)26)31(27,28)29/h10-11,14H,1-9,12-13H2,(H,27,28,29)/p-1. The van der Waals surface area contributed by atoms with Gasteiger partial charge in [-0.25, -0.2) is 13.2 Å². The van der Waals surface area contributed by atoms with Gasteiger partial charge in [0.05, 0.1) is 6.42 Å². The first-order valence-corrected chi connectivity index (χ1v) is 11.6. The van der Waals surface area contributed by atoms with Crippen LogP contribution in [0.2, 0.25) is 0 Å². The van der Waals surface area contributed by atoms with E-state index in [9.17, 15) is 36.9 Å². The van der Waals surface area contributed by atoms with E-state index in [-0.39, 0.29) is 23.3 Å². The molecule has 2 heterocycles. The van der Waals surface area contributed by atoms with Crippen molar-refractivity contribution in [3.63, 3.8) is 0 Å². The van der Waals surface area contributed by atoms with Crippen LogP contribution < -0.4 is 0 Å². The topological polar surface area (TPSA) is 158 Å². The summed E-state index contributed by atoms with van der Waals surface area (Å²) in [4.78, 5) is 63.7. The lowest BCUT2D eigenvalue weighted by Gasteiger charge is -2.15. The number of carbonyl (C=O) groups excluding carboxylic acids is 5. The summed E-state index contributed by atoms with van der Waals surface area (Å²) in [6.07, 6.45) is 8.32. The summed E-state index contributed by atoms with van der Waals surface area (Å²) in [5.41, 5.74) is 0. The molecule has 0 N–H and O–H groups in total. The minimum absolute atomic E-state index is 0.0439. The molecule has 2 aliphatic rings. The number of amides is 4. The summed E-state index contributed by atoms with van der Waals surface area (Å²) < 4.78 is 32.8. The number of rotatable bonds is 13. The van der Waals surface area contributed by atoms with Crippen molar-refractivity contribution in [2.24, 2.45) is 0 Å². The Hall–Kier alpha value is -2.60. The molecule has 2 aliphatic heterocycles. The van der Waals surface area contributed by atoms with Gasteiger partial charge in [0.1, 0.15) is 15.4 Å². The third-order valence-corrected chi connectivity index (χ3v) is 6.08. The van der Waals surface area contributed by atoms with Gasteiger partial charge in [0.15, 0.2) is 0 Å². The summed E-state index contributed by atoms with van der Waals surface area (Å²) in [6, 6.07) is 0. The zero-order chi connectivity index (χ0) is 23.0. The molecule has 1 unspecified atom stereocenters. The molecule has 4 amide bonds. The molecule has 1 fully saturated rings. The van der Waals surface area contributed by atoms with Crippen LogP contribution in [0.15, 0.2) is 12.2 Å². The van der Waals surface area contributed by atoms with Gasteiger partial charge in [-0.2, -0.15) is 0 Å². The number of hydroxylamine groups is 2. The van der Waals surface area contributed by atoms with Gasteiger partial charge >= 0.3 is 5.97 Å². The van der Waals surface area contributed by atoms with E-state index < -0.39 is 39.6 Å². The second-order valence-corrected chi connectivity index (χ2v) is 8.97. The van der Waals surface area contributed by atoms with Crippen LogP contribution in [0, 0.1) is 0 Å². The first-order valence-electron chi connectivity index (χ1n) is 10.2. The summed E-state index contributed by atoms with van der Waals surface area (Å²) in [5.74, 6) is -3.73. The Bertz CT molecular complexity index is 848. The fourth-order valence-electron chi connectivity index (χ4n) is 3.30. The number of carbonyl (C=O) groups is 5. The van der Waals surface area contributed by atoms with Crippen LogP contribution in [-0.4, -0.2) is 64.3 Å². The van der Waals surface area contributed by atoms with Gasteiger partial charge < -0.3 is 9.39 Å². The second kappa shape index (κ2) is 11.1. The van der Waals surface area contributed by atoms with Crippen LogP contribution in [0.4, 0.5) is 0 Å². The molecule has 0 aromatic heterocycles. The number of hydrogen-bond donors (Lipinski definition) is 0. The van der Waals surface area contributed by atoms with E-state index in [1.54, 1.807) is 0 Å². The molecular formula is C19H25N2O9S-. The molecule has 1 saturated heterocycles. The minimum Gasteiger partial charge on any atom is -0.747 e. The van der Waals surface area contributed by atoms with Crippen LogP contribution in [-0.2, 0) is 38.9 Å². The van der Waals surface area contributed by atoms with Crippen molar-refractivity contribution < 1.29 is 41.8 Å². The van der Waals surface area contributed by atoms with Gasteiger partial charge in [-0.15, -0.1) is 5.06 Å². The smallest absolute Gasteiger partial charge is 0.333 e. The van der Waals surface area contributed by atoms with Crippen molar-refractivity contribution in [1.29, 1.82) is 0 Å². The Labute approximate surface area is 180 Å². The number of hydrogen-bond acceptors (Lipinski definition) is 9. The van der Waals surface area contributed by atoms with Crippen LogP contribution in [0.1, 0.15) is 64.2 Å². The molecule has 0 aromatic carbocycles. The fourth-order valence-corrected chi connectivity index (χ4v) is 3.99. The van der Waals surface area contributed by atoms with E-state index in [1.165, 1.54) is 17.1 Å². The van der Waals surface area contributed by atoms with Gasteiger partial charge in [0.25, 0.3) is 23.6 Å². The highest BCUT2D eigenvalue weighted by Gasteiger charge is 2.45. The average Bonchev–Trinajstić information content (AvgIpc) is 3.16. The summed E-state index contributed by atoms with van der Waals surface area (Å²) in [6.45, 7) is 0.427. The van der Waals surface area contributed by atoms with Crippen molar-refractivity contribution in [2.75, 3.05) is 6.54 Å². The number of unbranched alkanes of at least 4 members (excludes halogenated alkanes) is 7. The lowest BCUT2D eigenvalue weighted by atomic mass is 10.1. The predicted molar refractivity (Wildman–Crippen MR) is 103 cm³/mol. The van der Waals surface area contributed by atoms with E-state index in [1.807, 2.05) is 0 Å². The van der Waals surface area contributed by atoms with Crippen molar-refractivity contribution >= 4 is 39.7 Å². The lowest BCUT2D eigenvalue weighted by molar-refractivity contribution is -0.197. The maximum Gasteiger partial charge on any atom is 0.333 e. The maximum atomic E-state index is 11.8. The first-order chi connectivity index (χ1) is 14.6. The van der Waals surface area contributed by atoms with Gasteiger partial charge in [0.2, 0.25) is 0 Å². The van der Waals surface area contributed by atoms with E-state index >= 15 is 0 Å². The average molecular weight is 457 g/mol. The van der Waals surface area contributed by atoms with Crippen LogP contribution in [0.5, 0.6) is 0 Å². The minimum atomic E-state index is -4.99. The van der Waals surface area contributed by atoms with Gasteiger partial charge in [-0.05, 0) is 12.8 Å². The molecule has 0 radical (unpaired) electrons. The SMILES string of the molecule is O=C(CCCCCCCCCCN1C(=O)C=CC1=O)ON1C(=O)CC(S(=O)(=O)[O-])C1=O. The second-order valence-electron chi connectivity index (χ2n) is 7.42. The summed E-state index contributed by atoms with van der Waals surface area (Å²) in [5, 5.41) is -1.97. The molecule has 0 bridgehead atoms. The summed E-state index contributed by atoms with van der Waals surface area (Å²) in [7, 11) is -4.99. The quantitative estimate of drug-likeness (QED) is 0.219. The molecule has 12 heteroatoms. The number of nitrogens with zero attached hydrogens (tertiary/aromatic N) is 2. The van der Waals surface area contributed by atoms with Crippen LogP contribution >= 0.6 is 0 Å². The van der Waals surface area contributed by atoms with E-state index in [2.05, 4.69) is 4.84 Å². The molecule has 2 rings (SSSR count). The molecule has 0 saturated carbocycles. The predicted octanol–water partition coefficient (Wildman–Crippen LogP) is 0.553. The van der Waals surface area contributed by atoms with E-state index in [0.717, 1.165) is 44.9 Å². The Morgan fingerprint density at radius 2 is 1.45 bits per heavy atom. The third kappa shape index (κ3) is 7.24. The highest BCUT2D eigenvalue weighted by Crippen LogP contribution is 2.20. The highest BCUT2D eigenvalue weighted by atomic mass is 32.2. The van der Waals surface area contributed by atoms with E-state index in [4.69, 9.17) is 0 Å². The fraction of sp³-hybridized carbons (Fsp3) is 0.632. The van der Waals surface area contributed by atoms with E-state index in [0.29, 0.717) is 13.0 Å². The molecule has 0 spiro atoms. The molecule has 31 heavy (non-hydrogen) atoms. The molecule has 172 valence electrons. The van der Waals surface area contributed by atoms with Gasteiger partial charge in [0, 0.05) is 25.1 Å². The third-order valence-electron chi connectivity index (χ3n) is 5.02. The van der Waals surface area contributed by atoms with Crippen molar-refractivity contribution in [3.05, 3.63) is 12.2 Å². The highest BCUT2D eigenvalue weighted by molar-refractivity contribution is 7.87. The van der Waals surface area contributed by atoms with Gasteiger partial charge in [-0.3, -0.25) is 24.1 Å². The monoisotopic (exact) mass is 457 g/mol. The van der Waals surface area contributed by atoms with Crippen molar-refractivity contribution in [2.45, 2.75) is 69.5 Å². The normalized spacial score (nSPS) is 19.1. The van der Waals surface area contributed by atoms with Crippen LogP contribution in [0.25, 0.3) is 0 Å². The zero-order valence-electron chi connectivity index (χ0n) is 17.0. The Balaban J connectivity index is 1.49. The number of imide groups is 2. The Morgan fingerprint density at radius 1 is 0.935 bits per heavy atom. The van der Waals surface area contributed by atoms with Crippen molar-refractivity contribution in [1.82, 2.24) is 9.96 Å². The van der Waals surface area contributed by atoms with Crippen LogP contribution in [0.3, 0.4) is 0 Å². The Morgan fingerprint density at radius 3 is 1.97 bits per heavy atom. The largest absolute Gasteiger partial charge is 0.747 e. The molecule has 1 atom stereocenters. The zero-order valence-corrected chi connectivity index (χ0v) is 17.8. The molecular weight excluding hydrogens is 432 g/mol. The maximum absolute atomic E-state index is 11.8. The Kier molecular flexibility index (Phi) is 8.87. The molecule has 0 aromatic rings. The molecule has 11 nitrogen and oxygen atoms in total. The molecule has 0 aliphatic carbocycles. The van der Waals surface area contributed by atoms with Gasteiger partial charge in [-0.1, -0.05) is 38.5 Å².